The summed E-state index contributed by atoms with van der Waals surface area (Å²) in [6.45, 7) is 2.19. The van der Waals surface area contributed by atoms with Gasteiger partial charge in [0, 0.05) is 10.8 Å². The molecule has 3 aromatic rings. The Morgan fingerprint density at radius 1 is 0.905 bits per heavy atom. The molecule has 1 atom stereocenters. The molecule has 0 radical (unpaired) electrons. The molecular weight excluding hydrogens is 256 g/mol. The van der Waals surface area contributed by atoms with Gasteiger partial charge < -0.3 is 4.42 Å². The Balaban J connectivity index is 1.88. The van der Waals surface area contributed by atoms with Crippen LogP contribution in [0.1, 0.15) is 12.5 Å². The summed E-state index contributed by atoms with van der Waals surface area (Å²) in [5.41, 5.74) is 4.31. The summed E-state index contributed by atoms with van der Waals surface area (Å²) in [5.74, 6) is 0.480. The van der Waals surface area contributed by atoms with Crippen molar-refractivity contribution in [1.29, 1.82) is 0 Å². The Labute approximate surface area is 123 Å². The predicted octanol–water partition coefficient (Wildman–Crippen LogP) is 5.73. The van der Waals surface area contributed by atoms with Crippen molar-refractivity contribution in [2.75, 3.05) is 0 Å². The van der Waals surface area contributed by atoms with Crippen molar-refractivity contribution in [1.82, 2.24) is 0 Å². The van der Waals surface area contributed by atoms with Gasteiger partial charge in [0.1, 0.15) is 11.2 Å². The third-order valence-electron chi connectivity index (χ3n) is 3.98. The lowest BCUT2D eigenvalue weighted by molar-refractivity contribution is 0.669. The number of allylic oxidation sites excluding steroid dienone is 6. The van der Waals surface area contributed by atoms with E-state index in [0.29, 0.717) is 5.92 Å². The Morgan fingerprint density at radius 2 is 1.76 bits per heavy atom. The number of para-hydroxylation sites is 1. The Bertz CT molecular complexity index is 906. The van der Waals surface area contributed by atoms with Crippen LogP contribution in [0.2, 0.25) is 0 Å². The fraction of sp³-hybridized carbons (Fsp3) is 0.100. The Kier molecular flexibility index (Phi) is 2.78. The fourth-order valence-corrected chi connectivity index (χ4v) is 2.81. The van der Waals surface area contributed by atoms with E-state index in [1.165, 1.54) is 21.9 Å². The number of hydrogen-bond donors (Lipinski definition) is 0. The molecule has 0 saturated heterocycles. The SMILES string of the molecule is CC1C=CC=C(c2ccc3c(c2)oc2ccccc23)C=C1. The van der Waals surface area contributed by atoms with E-state index in [1.807, 2.05) is 18.2 Å². The highest BCUT2D eigenvalue weighted by Crippen LogP contribution is 2.31. The molecule has 1 heterocycles. The highest BCUT2D eigenvalue weighted by molar-refractivity contribution is 6.05. The maximum Gasteiger partial charge on any atom is 0.136 e. The van der Waals surface area contributed by atoms with Crippen LogP contribution in [0.5, 0.6) is 0 Å². The van der Waals surface area contributed by atoms with E-state index in [4.69, 9.17) is 4.42 Å². The molecule has 0 spiro atoms. The Hall–Kier alpha value is -2.54. The highest BCUT2D eigenvalue weighted by Gasteiger charge is 2.08. The van der Waals surface area contributed by atoms with Gasteiger partial charge in [0.05, 0.1) is 0 Å². The summed E-state index contributed by atoms with van der Waals surface area (Å²) in [5, 5.41) is 2.36. The third kappa shape index (κ3) is 2.11. The molecule has 1 heteroatoms. The van der Waals surface area contributed by atoms with Gasteiger partial charge in [0.2, 0.25) is 0 Å². The minimum atomic E-state index is 0.480. The zero-order chi connectivity index (χ0) is 14.2. The van der Waals surface area contributed by atoms with Crippen molar-refractivity contribution < 1.29 is 4.42 Å². The van der Waals surface area contributed by atoms with Crippen LogP contribution in [0.25, 0.3) is 27.5 Å². The van der Waals surface area contributed by atoms with E-state index < -0.39 is 0 Å². The molecule has 4 rings (SSSR count). The average Bonchev–Trinajstić information content (AvgIpc) is 2.73. The first kappa shape index (κ1) is 12.2. The number of hydrogen-bond acceptors (Lipinski definition) is 1. The van der Waals surface area contributed by atoms with Gasteiger partial charge in [0.15, 0.2) is 0 Å². The maximum absolute atomic E-state index is 5.97. The molecule has 1 unspecified atom stereocenters. The highest BCUT2D eigenvalue weighted by atomic mass is 16.3. The van der Waals surface area contributed by atoms with E-state index in [2.05, 4.69) is 61.6 Å². The second-order valence-corrected chi connectivity index (χ2v) is 5.53. The van der Waals surface area contributed by atoms with Gasteiger partial charge in [-0.1, -0.05) is 61.6 Å². The van der Waals surface area contributed by atoms with Gasteiger partial charge in [0.25, 0.3) is 0 Å². The molecule has 0 N–H and O–H groups in total. The smallest absolute Gasteiger partial charge is 0.136 e. The van der Waals surface area contributed by atoms with Gasteiger partial charge in [-0.05, 0) is 35.3 Å². The largest absolute Gasteiger partial charge is 0.456 e. The van der Waals surface area contributed by atoms with E-state index in [0.717, 1.165) is 11.2 Å². The lowest BCUT2D eigenvalue weighted by atomic mass is 10.0. The molecule has 2 aromatic carbocycles. The summed E-state index contributed by atoms with van der Waals surface area (Å²) < 4.78 is 5.97. The normalized spacial score (nSPS) is 18.1. The lowest BCUT2D eigenvalue weighted by Crippen LogP contribution is -1.81. The second kappa shape index (κ2) is 4.78. The summed E-state index contributed by atoms with van der Waals surface area (Å²) in [4.78, 5) is 0. The molecule has 1 aromatic heterocycles. The maximum atomic E-state index is 5.97. The molecule has 1 aliphatic rings. The van der Waals surface area contributed by atoms with Gasteiger partial charge in [-0.3, -0.25) is 0 Å². The number of benzene rings is 2. The molecule has 0 bridgehead atoms. The summed E-state index contributed by atoms with van der Waals surface area (Å²) in [6.07, 6.45) is 10.9. The van der Waals surface area contributed by atoms with Crippen LogP contribution in [-0.2, 0) is 0 Å². The van der Waals surface area contributed by atoms with Crippen molar-refractivity contribution >= 4 is 27.5 Å². The number of rotatable bonds is 1. The zero-order valence-electron chi connectivity index (χ0n) is 11.9. The second-order valence-electron chi connectivity index (χ2n) is 5.53. The lowest BCUT2D eigenvalue weighted by Gasteiger charge is -2.01. The van der Waals surface area contributed by atoms with Crippen LogP contribution in [0.3, 0.4) is 0 Å². The van der Waals surface area contributed by atoms with Crippen molar-refractivity contribution in [3.05, 3.63) is 78.4 Å². The summed E-state index contributed by atoms with van der Waals surface area (Å²) in [6, 6.07) is 14.6. The van der Waals surface area contributed by atoms with Crippen LogP contribution < -0.4 is 0 Å². The van der Waals surface area contributed by atoms with Crippen LogP contribution in [0.4, 0.5) is 0 Å². The number of furan rings is 1. The van der Waals surface area contributed by atoms with Crippen molar-refractivity contribution in [2.24, 2.45) is 5.92 Å². The topological polar surface area (TPSA) is 13.1 Å². The molecule has 21 heavy (non-hydrogen) atoms. The van der Waals surface area contributed by atoms with E-state index in [9.17, 15) is 0 Å². The minimum Gasteiger partial charge on any atom is -0.456 e. The summed E-state index contributed by atoms with van der Waals surface area (Å²) >= 11 is 0. The first-order valence-electron chi connectivity index (χ1n) is 7.29. The first-order valence-corrected chi connectivity index (χ1v) is 7.29. The van der Waals surface area contributed by atoms with E-state index in [-0.39, 0.29) is 0 Å². The standard InChI is InChI=1S/C20H16O/c1-14-5-4-6-15(10-9-14)16-11-12-18-17-7-2-3-8-19(17)21-20(18)13-16/h2-14H,1H3. The predicted molar refractivity (Wildman–Crippen MR) is 89.1 cm³/mol. The van der Waals surface area contributed by atoms with Crippen molar-refractivity contribution in [3.63, 3.8) is 0 Å². The minimum absolute atomic E-state index is 0.480. The van der Waals surface area contributed by atoms with Crippen LogP contribution in [0, 0.1) is 5.92 Å². The average molecular weight is 272 g/mol. The van der Waals surface area contributed by atoms with Gasteiger partial charge >= 0.3 is 0 Å². The molecular formula is C20H16O. The molecule has 1 aliphatic carbocycles. The molecule has 0 aliphatic heterocycles. The zero-order valence-corrected chi connectivity index (χ0v) is 11.9. The molecule has 1 nitrogen and oxygen atoms in total. The molecule has 0 fully saturated rings. The van der Waals surface area contributed by atoms with Crippen LogP contribution in [0.15, 0.2) is 77.3 Å². The van der Waals surface area contributed by atoms with Crippen LogP contribution >= 0.6 is 0 Å². The fourth-order valence-electron chi connectivity index (χ4n) is 2.81. The van der Waals surface area contributed by atoms with Crippen LogP contribution in [-0.4, -0.2) is 0 Å². The van der Waals surface area contributed by atoms with Crippen molar-refractivity contribution in [3.8, 4) is 0 Å². The Morgan fingerprint density at radius 3 is 2.71 bits per heavy atom. The van der Waals surface area contributed by atoms with E-state index in [1.54, 1.807) is 0 Å². The molecule has 0 saturated carbocycles. The molecule has 102 valence electrons. The summed E-state index contributed by atoms with van der Waals surface area (Å²) in [7, 11) is 0. The molecule has 0 amide bonds. The quantitative estimate of drug-likeness (QED) is 0.551. The van der Waals surface area contributed by atoms with Gasteiger partial charge in [-0.2, -0.15) is 0 Å². The number of fused-ring (bicyclic) bond motifs is 3. The monoisotopic (exact) mass is 272 g/mol. The van der Waals surface area contributed by atoms with Crippen molar-refractivity contribution in [2.45, 2.75) is 6.92 Å². The third-order valence-corrected chi connectivity index (χ3v) is 3.98. The van der Waals surface area contributed by atoms with E-state index >= 15 is 0 Å². The van der Waals surface area contributed by atoms with Gasteiger partial charge in [-0.25, -0.2) is 0 Å². The van der Waals surface area contributed by atoms with Gasteiger partial charge in [-0.15, -0.1) is 0 Å². The first-order chi connectivity index (χ1) is 10.3.